The minimum absolute atomic E-state index is 0.144. The Kier molecular flexibility index (Phi) is 3.69. The summed E-state index contributed by atoms with van der Waals surface area (Å²) in [4.78, 5) is 0. The molecule has 0 aliphatic rings. The van der Waals surface area contributed by atoms with Crippen LogP contribution in [0.2, 0.25) is 0 Å². The van der Waals surface area contributed by atoms with Gasteiger partial charge < -0.3 is 10.5 Å². The average Bonchev–Trinajstić information content (AvgIpc) is 2.91. The van der Waals surface area contributed by atoms with E-state index in [-0.39, 0.29) is 22.6 Å². The molecule has 0 spiro atoms. The molecule has 0 amide bonds. The zero-order chi connectivity index (χ0) is 16.4. The quantitative estimate of drug-likeness (QED) is 0.806. The number of nitrogens with two attached hydrogens (primary N) is 1. The summed E-state index contributed by atoms with van der Waals surface area (Å²) in [6, 6.07) is 15.2. The molecule has 2 N–H and O–H groups in total. The SMILES string of the molecule is COc1ccc(-n2nc(-c3ccccc3F)c(C#N)c2N)cc1. The molecule has 0 aliphatic heterocycles. The van der Waals surface area contributed by atoms with Gasteiger partial charge in [-0.3, -0.25) is 0 Å². The van der Waals surface area contributed by atoms with E-state index in [1.807, 2.05) is 6.07 Å². The molecule has 1 aromatic heterocycles. The number of hydrogen-bond acceptors (Lipinski definition) is 4. The lowest BCUT2D eigenvalue weighted by atomic mass is 10.1. The lowest BCUT2D eigenvalue weighted by Gasteiger charge is -2.05. The fourth-order valence-electron chi connectivity index (χ4n) is 2.30. The van der Waals surface area contributed by atoms with E-state index in [9.17, 15) is 9.65 Å². The number of hydrogen-bond donors (Lipinski definition) is 1. The summed E-state index contributed by atoms with van der Waals surface area (Å²) >= 11 is 0. The highest BCUT2D eigenvalue weighted by Crippen LogP contribution is 2.30. The Labute approximate surface area is 132 Å². The van der Waals surface area contributed by atoms with Gasteiger partial charge in [-0.25, -0.2) is 9.07 Å². The van der Waals surface area contributed by atoms with Crippen LogP contribution in [-0.2, 0) is 0 Å². The summed E-state index contributed by atoms with van der Waals surface area (Å²) in [5.74, 6) is 0.397. The number of rotatable bonds is 3. The lowest BCUT2D eigenvalue weighted by molar-refractivity contribution is 0.414. The van der Waals surface area contributed by atoms with Crippen LogP contribution in [-0.4, -0.2) is 16.9 Å². The van der Waals surface area contributed by atoms with Crippen molar-refractivity contribution in [1.29, 1.82) is 5.26 Å². The summed E-state index contributed by atoms with van der Waals surface area (Å²) in [6.45, 7) is 0. The third kappa shape index (κ3) is 2.49. The Morgan fingerprint density at radius 3 is 2.48 bits per heavy atom. The summed E-state index contributed by atoms with van der Waals surface area (Å²) in [5.41, 5.74) is 7.29. The summed E-state index contributed by atoms with van der Waals surface area (Å²) < 4.78 is 20.5. The number of methoxy groups -OCH3 is 1. The van der Waals surface area contributed by atoms with Gasteiger partial charge in [-0.2, -0.15) is 10.4 Å². The molecular formula is C17H13FN4O. The van der Waals surface area contributed by atoms with Crippen molar-refractivity contribution in [3.05, 3.63) is 59.9 Å². The van der Waals surface area contributed by atoms with E-state index >= 15 is 0 Å². The molecule has 0 bridgehead atoms. The van der Waals surface area contributed by atoms with Crippen molar-refractivity contribution < 1.29 is 9.13 Å². The number of nitrogens with zero attached hydrogens (tertiary/aromatic N) is 3. The third-order valence-corrected chi connectivity index (χ3v) is 3.48. The topological polar surface area (TPSA) is 76.9 Å². The van der Waals surface area contributed by atoms with Gasteiger partial charge in [0.05, 0.1) is 12.8 Å². The molecule has 5 nitrogen and oxygen atoms in total. The molecule has 6 heteroatoms. The maximum Gasteiger partial charge on any atom is 0.145 e. The van der Waals surface area contributed by atoms with Crippen molar-refractivity contribution in [1.82, 2.24) is 9.78 Å². The number of aromatic nitrogens is 2. The Bertz CT molecular complexity index is 894. The second kappa shape index (κ2) is 5.81. The number of nitriles is 1. The van der Waals surface area contributed by atoms with Gasteiger partial charge in [0.1, 0.15) is 34.7 Å². The van der Waals surface area contributed by atoms with Crippen LogP contribution < -0.4 is 10.5 Å². The molecule has 0 unspecified atom stereocenters. The Balaban J connectivity index is 2.17. The van der Waals surface area contributed by atoms with Crippen molar-refractivity contribution in [3.8, 4) is 28.8 Å². The molecular weight excluding hydrogens is 295 g/mol. The van der Waals surface area contributed by atoms with E-state index in [1.165, 1.54) is 10.7 Å². The fraction of sp³-hybridized carbons (Fsp3) is 0.0588. The van der Waals surface area contributed by atoms with Crippen molar-refractivity contribution in [3.63, 3.8) is 0 Å². The molecule has 0 atom stereocenters. The van der Waals surface area contributed by atoms with E-state index in [0.29, 0.717) is 11.4 Å². The predicted octanol–water partition coefficient (Wildman–Crippen LogP) is 3.14. The van der Waals surface area contributed by atoms with E-state index < -0.39 is 5.82 Å². The van der Waals surface area contributed by atoms with Crippen LogP contribution in [0, 0.1) is 17.1 Å². The van der Waals surface area contributed by atoms with Gasteiger partial charge in [-0.15, -0.1) is 0 Å². The van der Waals surface area contributed by atoms with Crippen LogP contribution in [0.15, 0.2) is 48.5 Å². The monoisotopic (exact) mass is 308 g/mol. The van der Waals surface area contributed by atoms with E-state index in [0.717, 1.165) is 0 Å². The fourth-order valence-corrected chi connectivity index (χ4v) is 2.30. The first kappa shape index (κ1) is 14.6. The van der Waals surface area contributed by atoms with E-state index in [2.05, 4.69) is 5.10 Å². The van der Waals surface area contributed by atoms with Crippen molar-refractivity contribution in [2.75, 3.05) is 12.8 Å². The van der Waals surface area contributed by atoms with Crippen LogP contribution in [0.3, 0.4) is 0 Å². The van der Waals surface area contributed by atoms with Gasteiger partial charge in [-0.05, 0) is 36.4 Å². The van der Waals surface area contributed by atoms with Gasteiger partial charge in [0.2, 0.25) is 0 Å². The first-order chi connectivity index (χ1) is 11.2. The number of halogens is 1. The smallest absolute Gasteiger partial charge is 0.145 e. The zero-order valence-corrected chi connectivity index (χ0v) is 12.3. The summed E-state index contributed by atoms with van der Waals surface area (Å²) in [5, 5.41) is 13.7. The van der Waals surface area contributed by atoms with E-state index in [1.54, 1.807) is 49.6 Å². The molecule has 0 fully saturated rings. The first-order valence-corrected chi connectivity index (χ1v) is 6.83. The highest BCUT2D eigenvalue weighted by Gasteiger charge is 2.20. The van der Waals surface area contributed by atoms with Crippen molar-refractivity contribution in [2.45, 2.75) is 0 Å². The van der Waals surface area contributed by atoms with Gasteiger partial charge >= 0.3 is 0 Å². The largest absolute Gasteiger partial charge is 0.497 e. The predicted molar refractivity (Wildman–Crippen MR) is 84.6 cm³/mol. The van der Waals surface area contributed by atoms with Crippen LogP contribution in [0.25, 0.3) is 16.9 Å². The molecule has 3 aromatic rings. The average molecular weight is 308 g/mol. The van der Waals surface area contributed by atoms with Gasteiger partial charge in [0.25, 0.3) is 0 Å². The number of anilines is 1. The van der Waals surface area contributed by atoms with Crippen LogP contribution in [0.5, 0.6) is 5.75 Å². The zero-order valence-electron chi connectivity index (χ0n) is 12.3. The van der Waals surface area contributed by atoms with Gasteiger partial charge in [0, 0.05) is 5.56 Å². The first-order valence-electron chi connectivity index (χ1n) is 6.83. The number of ether oxygens (including phenoxy) is 1. The molecule has 1 heterocycles. The lowest BCUT2D eigenvalue weighted by Crippen LogP contribution is -2.02. The van der Waals surface area contributed by atoms with Crippen molar-refractivity contribution >= 4 is 5.82 Å². The third-order valence-electron chi connectivity index (χ3n) is 3.48. The molecule has 0 aliphatic carbocycles. The van der Waals surface area contributed by atoms with Gasteiger partial charge in [-0.1, -0.05) is 12.1 Å². The molecule has 3 rings (SSSR count). The highest BCUT2D eigenvalue weighted by atomic mass is 19.1. The molecule has 0 saturated heterocycles. The molecule has 0 saturated carbocycles. The minimum Gasteiger partial charge on any atom is -0.497 e. The number of nitrogen functional groups attached to an aromatic ring is 1. The van der Waals surface area contributed by atoms with Crippen molar-refractivity contribution in [2.24, 2.45) is 0 Å². The van der Waals surface area contributed by atoms with Crippen LogP contribution in [0.4, 0.5) is 10.2 Å². The maximum absolute atomic E-state index is 14.0. The van der Waals surface area contributed by atoms with Crippen LogP contribution in [0.1, 0.15) is 5.56 Å². The number of benzene rings is 2. The molecule has 2 aromatic carbocycles. The molecule has 114 valence electrons. The molecule has 23 heavy (non-hydrogen) atoms. The van der Waals surface area contributed by atoms with Gasteiger partial charge in [0.15, 0.2) is 0 Å². The Morgan fingerprint density at radius 2 is 1.87 bits per heavy atom. The summed E-state index contributed by atoms with van der Waals surface area (Å²) in [6.07, 6.45) is 0. The normalized spacial score (nSPS) is 10.3. The molecule has 0 radical (unpaired) electrons. The maximum atomic E-state index is 14.0. The summed E-state index contributed by atoms with van der Waals surface area (Å²) in [7, 11) is 1.57. The Morgan fingerprint density at radius 1 is 1.17 bits per heavy atom. The second-order valence-electron chi connectivity index (χ2n) is 4.81. The highest BCUT2D eigenvalue weighted by molar-refractivity contribution is 5.74. The van der Waals surface area contributed by atoms with Crippen LogP contribution >= 0.6 is 0 Å². The second-order valence-corrected chi connectivity index (χ2v) is 4.81. The Hall–Kier alpha value is -3.33. The standard InChI is InChI=1S/C17H13FN4O/c1-23-12-8-6-11(7-9-12)22-17(20)14(10-19)16(21-22)13-4-2-3-5-15(13)18/h2-9H,20H2,1H3. The van der Waals surface area contributed by atoms with E-state index in [4.69, 9.17) is 10.5 Å². The minimum atomic E-state index is -0.455.